The molecule has 1 aliphatic heterocycles. The van der Waals surface area contributed by atoms with E-state index in [1.54, 1.807) is 0 Å². The Morgan fingerprint density at radius 1 is 1.15 bits per heavy atom. The first kappa shape index (κ1) is 19.5. The van der Waals surface area contributed by atoms with Gasteiger partial charge in [0, 0.05) is 15.9 Å². The van der Waals surface area contributed by atoms with Crippen molar-refractivity contribution in [3.63, 3.8) is 0 Å². The zero-order valence-electron chi connectivity index (χ0n) is 16.4. The first-order chi connectivity index (χ1) is 12.0. The molecule has 0 spiro atoms. The fourth-order valence-corrected chi connectivity index (χ4v) is 5.30. The quantitative estimate of drug-likeness (QED) is 0.540. The summed E-state index contributed by atoms with van der Waals surface area (Å²) in [6.45, 7) is 10.4. The molecule has 0 aromatic rings. The normalized spacial score (nSPS) is 27.7. The first-order valence-corrected chi connectivity index (χ1v) is 10.4. The Kier molecular flexibility index (Phi) is 5.01. The van der Waals surface area contributed by atoms with E-state index in [9.17, 15) is 14.4 Å². The molecule has 0 unspecified atom stereocenters. The van der Waals surface area contributed by atoms with Gasteiger partial charge in [0.2, 0.25) is 0 Å². The molecule has 2 amide bonds. The second-order valence-corrected chi connectivity index (χ2v) is 11.0. The van der Waals surface area contributed by atoms with Crippen LogP contribution in [0.25, 0.3) is 0 Å². The highest BCUT2D eigenvalue weighted by Gasteiger charge is 2.62. The molecule has 1 fully saturated rings. The van der Waals surface area contributed by atoms with Crippen molar-refractivity contribution in [2.75, 3.05) is 12.5 Å². The molecular weight excluding hydrogens is 350 g/mol. The smallest absolute Gasteiger partial charge is 0.311 e. The number of esters is 1. The van der Waals surface area contributed by atoms with E-state index < -0.39 is 0 Å². The van der Waals surface area contributed by atoms with Gasteiger partial charge >= 0.3 is 5.97 Å². The summed E-state index contributed by atoms with van der Waals surface area (Å²) in [6, 6.07) is 0. The Hall–Kier alpha value is -1.30. The van der Waals surface area contributed by atoms with Crippen molar-refractivity contribution in [1.29, 1.82) is 0 Å². The molecule has 5 nitrogen and oxygen atoms in total. The molecule has 0 aromatic carbocycles. The molecule has 3 aliphatic rings. The van der Waals surface area contributed by atoms with Crippen LogP contribution in [0.15, 0.2) is 11.1 Å². The molecule has 3 rings (SSSR count). The molecular formula is C20H29NO4S. The van der Waals surface area contributed by atoms with Crippen LogP contribution in [0.3, 0.4) is 0 Å². The van der Waals surface area contributed by atoms with Gasteiger partial charge in [0.15, 0.2) is 6.73 Å². The Bertz CT molecular complexity index is 646. The SMILES string of the molecule is CC(C)(C)SC[C@H]1[C@@H](C(=O)OCN2C(=O)C3=C(CCCC3)C2=O)C1(C)C. The molecule has 2 atom stereocenters. The molecule has 6 heteroatoms. The van der Waals surface area contributed by atoms with Gasteiger partial charge in [0.1, 0.15) is 0 Å². The van der Waals surface area contributed by atoms with Gasteiger partial charge in [-0.3, -0.25) is 14.4 Å². The van der Waals surface area contributed by atoms with Gasteiger partial charge in [-0.15, -0.1) is 0 Å². The van der Waals surface area contributed by atoms with Crippen molar-refractivity contribution in [3.8, 4) is 0 Å². The van der Waals surface area contributed by atoms with Crippen LogP contribution < -0.4 is 0 Å². The van der Waals surface area contributed by atoms with Gasteiger partial charge in [-0.05, 0) is 42.8 Å². The highest BCUT2D eigenvalue weighted by Crippen LogP contribution is 2.60. The van der Waals surface area contributed by atoms with Gasteiger partial charge in [0.25, 0.3) is 11.8 Å². The van der Waals surface area contributed by atoms with Crippen molar-refractivity contribution in [2.45, 2.75) is 65.0 Å². The zero-order chi connectivity index (χ0) is 19.3. The van der Waals surface area contributed by atoms with Crippen LogP contribution in [0.1, 0.15) is 60.3 Å². The lowest BCUT2D eigenvalue weighted by atomic mass is 9.93. The summed E-state index contributed by atoms with van der Waals surface area (Å²) in [4.78, 5) is 38.5. The van der Waals surface area contributed by atoms with Crippen LogP contribution in [-0.4, -0.2) is 39.9 Å². The molecule has 26 heavy (non-hydrogen) atoms. The lowest BCUT2D eigenvalue weighted by Gasteiger charge is -2.17. The van der Waals surface area contributed by atoms with Crippen LogP contribution in [0, 0.1) is 17.3 Å². The second kappa shape index (κ2) is 6.70. The summed E-state index contributed by atoms with van der Waals surface area (Å²) in [5.41, 5.74) is 1.17. The minimum atomic E-state index is -0.292. The summed E-state index contributed by atoms with van der Waals surface area (Å²) in [6.07, 6.45) is 3.20. The number of hydrogen-bond acceptors (Lipinski definition) is 5. The average molecular weight is 380 g/mol. The van der Waals surface area contributed by atoms with Crippen molar-refractivity contribution in [2.24, 2.45) is 17.3 Å². The average Bonchev–Trinajstić information content (AvgIpc) is 3.03. The van der Waals surface area contributed by atoms with Crippen molar-refractivity contribution >= 4 is 29.5 Å². The maximum Gasteiger partial charge on any atom is 0.311 e. The number of amides is 2. The molecule has 0 bridgehead atoms. The third-order valence-electron chi connectivity index (χ3n) is 5.81. The highest BCUT2D eigenvalue weighted by atomic mass is 32.2. The molecule has 0 radical (unpaired) electrons. The molecule has 0 N–H and O–H groups in total. The van der Waals surface area contributed by atoms with E-state index in [-0.39, 0.29) is 46.5 Å². The third-order valence-corrected chi connectivity index (χ3v) is 7.20. The van der Waals surface area contributed by atoms with E-state index in [4.69, 9.17) is 4.74 Å². The number of carbonyl (C=O) groups is 3. The highest BCUT2D eigenvalue weighted by molar-refractivity contribution is 8.00. The number of nitrogens with zero attached hydrogens (tertiary/aromatic N) is 1. The van der Waals surface area contributed by atoms with Gasteiger partial charge in [-0.1, -0.05) is 34.6 Å². The third kappa shape index (κ3) is 3.57. The first-order valence-electron chi connectivity index (χ1n) is 9.43. The van der Waals surface area contributed by atoms with Crippen LogP contribution in [0.2, 0.25) is 0 Å². The van der Waals surface area contributed by atoms with Crippen molar-refractivity contribution < 1.29 is 19.1 Å². The van der Waals surface area contributed by atoms with Gasteiger partial charge in [-0.25, -0.2) is 4.90 Å². The van der Waals surface area contributed by atoms with Crippen LogP contribution in [-0.2, 0) is 19.1 Å². The lowest BCUT2D eigenvalue weighted by molar-refractivity contribution is -0.156. The van der Waals surface area contributed by atoms with Gasteiger partial charge in [0.05, 0.1) is 5.92 Å². The molecule has 1 heterocycles. The maximum atomic E-state index is 12.5. The summed E-state index contributed by atoms with van der Waals surface area (Å²) in [7, 11) is 0. The zero-order valence-corrected chi connectivity index (χ0v) is 17.2. The molecule has 0 saturated heterocycles. The Morgan fingerprint density at radius 2 is 1.69 bits per heavy atom. The van der Waals surface area contributed by atoms with E-state index in [0.29, 0.717) is 24.0 Å². The van der Waals surface area contributed by atoms with Gasteiger partial charge < -0.3 is 4.74 Å². The maximum absolute atomic E-state index is 12.5. The van der Waals surface area contributed by atoms with Crippen LogP contribution in [0.4, 0.5) is 0 Å². The summed E-state index contributed by atoms with van der Waals surface area (Å²) in [5.74, 6) is 0.191. The summed E-state index contributed by atoms with van der Waals surface area (Å²) < 4.78 is 5.56. The number of rotatable bonds is 5. The summed E-state index contributed by atoms with van der Waals surface area (Å²) >= 11 is 1.85. The van der Waals surface area contributed by atoms with E-state index in [2.05, 4.69) is 34.6 Å². The minimum absolute atomic E-state index is 0.0914. The second-order valence-electron chi connectivity index (χ2n) is 9.12. The Balaban J connectivity index is 1.55. The number of hydrogen-bond donors (Lipinski definition) is 0. The van der Waals surface area contributed by atoms with Gasteiger partial charge in [-0.2, -0.15) is 11.8 Å². The van der Waals surface area contributed by atoms with Crippen molar-refractivity contribution in [1.82, 2.24) is 4.90 Å². The molecule has 1 saturated carbocycles. The fraction of sp³-hybridized carbons (Fsp3) is 0.750. The minimum Gasteiger partial charge on any atom is -0.443 e. The van der Waals surface area contributed by atoms with Crippen LogP contribution >= 0.6 is 11.8 Å². The van der Waals surface area contributed by atoms with E-state index in [1.807, 2.05) is 11.8 Å². The predicted octanol–water partition coefficient (Wildman–Crippen LogP) is 3.53. The Morgan fingerprint density at radius 3 is 2.19 bits per heavy atom. The van der Waals surface area contributed by atoms with Crippen molar-refractivity contribution in [3.05, 3.63) is 11.1 Å². The lowest BCUT2D eigenvalue weighted by Crippen LogP contribution is -2.35. The van der Waals surface area contributed by atoms with E-state index >= 15 is 0 Å². The fourth-order valence-electron chi connectivity index (χ4n) is 3.99. The monoisotopic (exact) mass is 379 g/mol. The number of ether oxygens (including phenoxy) is 1. The molecule has 144 valence electrons. The number of carbonyl (C=O) groups excluding carboxylic acids is 3. The van der Waals surface area contributed by atoms with E-state index in [1.165, 1.54) is 0 Å². The van der Waals surface area contributed by atoms with Crippen LogP contribution in [0.5, 0.6) is 0 Å². The topological polar surface area (TPSA) is 63.7 Å². The predicted molar refractivity (Wildman–Crippen MR) is 101 cm³/mol. The molecule has 2 aliphatic carbocycles. The molecule has 0 aromatic heterocycles. The standard InChI is InChI=1S/C20H29NO4S/c1-19(2,3)26-10-14-15(20(14,4)5)18(24)25-11-21-16(22)12-8-6-7-9-13(12)17(21)23/h14-15H,6-11H2,1-5H3/t14-,15-/m0/s1. The Labute approximate surface area is 159 Å². The number of imide groups is 1. The largest absolute Gasteiger partial charge is 0.443 e. The number of thioether (sulfide) groups is 1. The summed E-state index contributed by atoms with van der Waals surface area (Å²) in [5, 5.41) is 0. The van der Waals surface area contributed by atoms with E-state index in [0.717, 1.165) is 23.5 Å².